The first kappa shape index (κ1) is 35.3. The lowest BCUT2D eigenvalue weighted by Crippen LogP contribution is -2.63. The van der Waals surface area contributed by atoms with Gasteiger partial charge in [-0.3, -0.25) is 9.59 Å². The third kappa shape index (κ3) is 8.24. The van der Waals surface area contributed by atoms with Crippen LogP contribution in [0.25, 0.3) is 5.57 Å². The molecule has 0 aromatic heterocycles. The van der Waals surface area contributed by atoms with Crippen molar-refractivity contribution in [2.45, 2.75) is 63.2 Å². The van der Waals surface area contributed by atoms with Gasteiger partial charge >= 0.3 is 12.0 Å². The molecule has 2 atom stereocenters. The Morgan fingerprint density at radius 3 is 2.46 bits per heavy atom. The lowest BCUT2D eigenvalue weighted by molar-refractivity contribution is -0.136. The van der Waals surface area contributed by atoms with Crippen LogP contribution >= 0.6 is 11.6 Å². The summed E-state index contributed by atoms with van der Waals surface area (Å²) in [4.78, 5) is 42.2. The van der Waals surface area contributed by atoms with Gasteiger partial charge in [0, 0.05) is 48.9 Å². The van der Waals surface area contributed by atoms with Crippen molar-refractivity contribution >= 4 is 35.1 Å². The maximum atomic E-state index is 14.6. The molecule has 0 unspecified atom stereocenters. The number of aliphatic carboxylic acids is 1. The minimum atomic E-state index is -1.35. The van der Waals surface area contributed by atoms with Crippen LogP contribution in [0, 0.1) is 17.5 Å². The van der Waals surface area contributed by atoms with Gasteiger partial charge in [-0.1, -0.05) is 54.1 Å². The number of rotatable bonds is 13. The number of carbonyl (C=O) groups excluding carboxylic acids is 2. The molecule has 2 fully saturated rings. The summed E-state index contributed by atoms with van der Waals surface area (Å²) >= 11 is 6.51. The van der Waals surface area contributed by atoms with Crippen LogP contribution in [0.5, 0.6) is 5.75 Å². The molecule has 1 saturated carbocycles. The smallest absolute Gasteiger partial charge is 0.317 e. The number of nitrogens with zero attached hydrogens (tertiary/aromatic N) is 2. The van der Waals surface area contributed by atoms with E-state index in [1.54, 1.807) is 11.0 Å². The lowest BCUT2D eigenvalue weighted by atomic mass is 9.82. The van der Waals surface area contributed by atoms with Gasteiger partial charge in [-0.2, -0.15) is 4.39 Å². The number of halogens is 4. The number of ether oxygens (including phenoxy) is 1. The molecular weight excluding hydrogens is 673 g/mol. The number of benzene rings is 3. The van der Waals surface area contributed by atoms with Gasteiger partial charge in [0.15, 0.2) is 17.4 Å². The van der Waals surface area contributed by atoms with Crippen molar-refractivity contribution in [2.24, 2.45) is 0 Å². The second-order valence-corrected chi connectivity index (χ2v) is 13.3. The topological polar surface area (TPSA) is 111 Å². The zero-order valence-corrected chi connectivity index (χ0v) is 28.0. The summed E-state index contributed by atoms with van der Waals surface area (Å²) in [5.41, 5.74) is 4.15. The molecule has 3 N–H and O–H groups in total. The van der Waals surface area contributed by atoms with Crippen molar-refractivity contribution in [1.82, 2.24) is 20.4 Å². The van der Waals surface area contributed by atoms with Crippen LogP contribution in [-0.4, -0.2) is 77.2 Å². The number of fused-ring (bicyclic) bond motifs is 2. The van der Waals surface area contributed by atoms with Crippen molar-refractivity contribution in [3.63, 3.8) is 0 Å². The molecule has 9 nitrogen and oxygen atoms in total. The third-order valence-electron chi connectivity index (χ3n) is 9.24. The van der Waals surface area contributed by atoms with E-state index >= 15 is 0 Å². The van der Waals surface area contributed by atoms with Crippen LogP contribution in [0.1, 0.15) is 48.8 Å². The second-order valence-electron chi connectivity index (χ2n) is 12.9. The zero-order chi connectivity index (χ0) is 35.4. The fraction of sp³-hybridized carbons (Fsp3) is 0.378. The number of nitrogens with one attached hydrogen (secondary N) is 2. The quantitative estimate of drug-likeness (QED) is 0.150. The Morgan fingerprint density at radius 1 is 1.00 bits per heavy atom. The first-order chi connectivity index (χ1) is 24.1. The molecule has 1 aliphatic carbocycles. The first-order valence-corrected chi connectivity index (χ1v) is 17.1. The maximum Gasteiger partial charge on any atom is 0.317 e. The number of aryl methyl sites for hydroxylation is 1. The molecule has 2 aliphatic heterocycles. The van der Waals surface area contributed by atoms with E-state index in [-0.39, 0.29) is 50.1 Å². The normalized spacial score (nSPS) is 18.5. The molecule has 0 radical (unpaired) electrons. The minimum absolute atomic E-state index is 0.00462. The van der Waals surface area contributed by atoms with E-state index in [0.29, 0.717) is 49.0 Å². The summed E-state index contributed by atoms with van der Waals surface area (Å²) in [7, 11) is 0. The molecule has 1 saturated heterocycles. The van der Waals surface area contributed by atoms with E-state index in [1.807, 2.05) is 47.4 Å². The number of amides is 3. The number of hydrogen-bond donors (Lipinski definition) is 3. The van der Waals surface area contributed by atoms with E-state index in [9.17, 15) is 27.6 Å². The van der Waals surface area contributed by atoms with Gasteiger partial charge in [0.2, 0.25) is 5.82 Å². The molecule has 3 amide bonds. The van der Waals surface area contributed by atoms with Crippen molar-refractivity contribution in [1.29, 1.82) is 0 Å². The zero-order valence-electron chi connectivity index (χ0n) is 27.3. The molecule has 3 aromatic carbocycles. The Labute approximate surface area is 293 Å². The highest BCUT2D eigenvalue weighted by Crippen LogP contribution is 2.38. The van der Waals surface area contributed by atoms with E-state index in [4.69, 9.17) is 21.4 Å². The van der Waals surface area contributed by atoms with Crippen LogP contribution in [0.3, 0.4) is 0 Å². The fourth-order valence-corrected chi connectivity index (χ4v) is 6.80. The molecular formula is C37H38ClF3N4O5. The van der Waals surface area contributed by atoms with Crippen LogP contribution < -0.4 is 15.4 Å². The second kappa shape index (κ2) is 15.6. The van der Waals surface area contributed by atoms with Gasteiger partial charge in [-0.25, -0.2) is 13.6 Å². The van der Waals surface area contributed by atoms with Gasteiger partial charge in [-0.15, -0.1) is 0 Å². The van der Waals surface area contributed by atoms with E-state index in [1.165, 1.54) is 0 Å². The van der Waals surface area contributed by atoms with Gasteiger partial charge in [0.25, 0.3) is 5.91 Å². The van der Waals surface area contributed by atoms with E-state index in [0.717, 1.165) is 41.2 Å². The Hall–Kier alpha value is -4.55. The van der Waals surface area contributed by atoms with Gasteiger partial charge in [0.1, 0.15) is 0 Å². The van der Waals surface area contributed by atoms with Crippen LogP contribution in [0.2, 0.25) is 5.02 Å². The Kier molecular flexibility index (Phi) is 11.0. The minimum Gasteiger partial charge on any atom is -0.488 e. The molecule has 50 heavy (non-hydrogen) atoms. The first-order valence-electron chi connectivity index (χ1n) is 16.7. The Morgan fingerprint density at radius 2 is 1.74 bits per heavy atom. The summed E-state index contributed by atoms with van der Waals surface area (Å²) < 4.78 is 46.6. The van der Waals surface area contributed by atoms with Gasteiger partial charge in [-0.05, 0) is 72.6 Å². The number of carboxylic acids is 1. The predicted molar refractivity (Wildman–Crippen MR) is 181 cm³/mol. The number of carboxylic acid groups (broad SMARTS) is 1. The maximum absolute atomic E-state index is 14.6. The largest absolute Gasteiger partial charge is 0.488 e. The van der Waals surface area contributed by atoms with E-state index in [2.05, 4.69) is 10.6 Å². The average Bonchev–Trinajstić information content (AvgIpc) is 3.94. The van der Waals surface area contributed by atoms with Crippen molar-refractivity contribution in [3.8, 4) is 5.75 Å². The Bertz CT molecular complexity index is 1790. The fourth-order valence-electron chi connectivity index (χ4n) is 6.60. The number of carbonyl (C=O) groups is 3. The van der Waals surface area contributed by atoms with Gasteiger partial charge < -0.3 is 30.3 Å². The molecule has 3 aliphatic rings. The lowest BCUT2D eigenvalue weighted by Gasteiger charge is -2.45. The number of piperazine rings is 1. The van der Waals surface area contributed by atoms with Crippen molar-refractivity contribution < 1.29 is 37.4 Å². The van der Waals surface area contributed by atoms with Crippen LogP contribution in [-0.2, 0) is 22.6 Å². The summed E-state index contributed by atoms with van der Waals surface area (Å²) in [6, 6.07) is 15.9. The Balaban J connectivity index is 1.22. The molecule has 2 bridgehead atoms. The molecule has 2 heterocycles. The SMILES string of the molecule is O=C(O)CCNC(=O)N1C[C@H]2CC(c3ccc(CCCOc4c(F)ccc(F)c4F)cc3)=C(C(=O)N(Cc3ccccc3Cl)C3CC3)[C@@H](C1)N2. The standard InChI is InChI=1S/C37H38ClF3N4O5/c38-28-6-2-1-5-24(28)19-45(26-11-12-26)36(48)33-27(18-25-20-44(21-31(33)43-25)37(49)42-16-15-32(46)47)23-9-7-22(8-10-23)4-3-17-50-35-30(40)14-13-29(39)34(35)41/h1-2,5-10,13-14,25-26,31,43H,3-4,11-12,15-21H2,(H,42,49)(H,46,47)/t25-,31-/m1/s1. The van der Waals surface area contributed by atoms with Crippen LogP contribution in [0.15, 0.2) is 66.2 Å². The average molecular weight is 711 g/mol. The molecule has 3 aromatic rings. The summed E-state index contributed by atoms with van der Waals surface area (Å²) in [5, 5.41) is 15.8. The number of urea groups is 1. The van der Waals surface area contributed by atoms with E-state index < -0.39 is 35.2 Å². The highest BCUT2D eigenvalue weighted by molar-refractivity contribution is 6.31. The molecule has 0 spiro atoms. The summed E-state index contributed by atoms with van der Waals surface area (Å²) in [5.74, 6) is -5.35. The van der Waals surface area contributed by atoms with Crippen molar-refractivity contribution in [3.05, 3.63) is 105 Å². The summed E-state index contributed by atoms with van der Waals surface area (Å²) in [6.07, 6.45) is 3.03. The summed E-state index contributed by atoms with van der Waals surface area (Å²) in [6.45, 7) is 0.956. The molecule has 6 rings (SSSR count). The van der Waals surface area contributed by atoms with Crippen LogP contribution in [0.4, 0.5) is 18.0 Å². The highest BCUT2D eigenvalue weighted by atomic mass is 35.5. The number of hydrogen-bond acceptors (Lipinski definition) is 5. The van der Waals surface area contributed by atoms with Crippen molar-refractivity contribution in [2.75, 3.05) is 26.2 Å². The molecule has 264 valence electrons. The molecule has 13 heteroatoms. The highest BCUT2D eigenvalue weighted by Gasteiger charge is 2.43. The monoisotopic (exact) mass is 710 g/mol. The predicted octanol–water partition coefficient (Wildman–Crippen LogP) is 5.94. The third-order valence-corrected chi connectivity index (χ3v) is 9.61. The van der Waals surface area contributed by atoms with Gasteiger partial charge in [0.05, 0.1) is 19.1 Å².